The number of carbonyl (C=O) groups is 1. The van der Waals surface area contributed by atoms with E-state index in [9.17, 15) is 4.79 Å². The highest BCUT2D eigenvalue weighted by Crippen LogP contribution is 2.42. The van der Waals surface area contributed by atoms with Gasteiger partial charge < -0.3 is 15.8 Å². The second-order valence-corrected chi connectivity index (χ2v) is 6.13. The van der Waals surface area contributed by atoms with Crippen LogP contribution in [-0.4, -0.2) is 31.2 Å². The molecular weight excluding hydrogens is 216 g/mol. The molecule has 3 atom stereocenters. The number of amides is 1. The monoisotopic (exact) mass is 240 g/mol. The highest BCUT2D eigenvalue weighted by atomic mass is 16.5. The Bertz CT molecular complexity index is 300. The highest BCUT2D eigenvalue weighted by molar-refractivity contribution is 5.82. The summed E-state index contributed by atoms with van der Waals surface area (Å²) in [5.41, 5.74) is 5.92. The van der Waals surface area contributed by atoms with Crippen LogP contribution in [0.3, 0.4) is 0 Å². The molecular formula is C13H24N2O2. The lowest BCUT2D eigenvalue weighted by atomic mass is 9.64. The van der Waals surface area contributed by atoms with Gasteiger partial charge >= 0.3 is 0 Å². The van der Waals surface area contributed by atoms with E-state index >= 15 is 0 Å². The number of hydrogen-bond acceptors (Lipinski definition) is 3. The lowest BCUT2D eigenvalue weighted by Crippen LogP contribution is -2.63. The van der Waals surface area contributed by atoms with Gasteiger partial charge in [-0.05, 0) is 18.8 Å². The smallest absolute Gasteiger partial charge is 0.237 e. The van der Waals surface area contributed by atoms with Crippen LogP contribution in [0.15, 0.2) is 0 Å². The fourth-order valence-electron chi connectivity index (χ4n) is 2.63. The summed E-state index contributed by atoms with van der Waals surface area (Å²) < 4.78 is 5.37. The second-order valence-electron chi connectivity index (χ2n) is 6.13. The third kappa shape index (κ3) is 2.63. The largest absolute Gasteiger partial charge is 0.381 e. The molecule has 0 radical (unpaired) electrons. The van der Waals surface area contributed by atoms with E-state index in [-0.39, 0.29) is 29.5 Å². The van der Waals surface area contributed by atoms with E-state index in [0.717, 1.165) is 12.8 Å². The van der Waals surface area contributed by atoms with Crippen molar-refractivity contribution in [1.29, 1.82) is 0 Å². The first-order chi connectivity index (χ1) is 7.95. The first kappa shape index (κ1) is 12.8. The van der Waals surface area contributed by atoms with Gasteiger partial charge in [0.15, 0.2) is 0 Å². The van der Waals surface area contributed by atoms with E-state index in [4.69, 9.17) is 10.5 Å². The van der Waals surface area contributed by atoms with Gasteiger partial charge in [0.05, 0.1) is 12.1 Å². The molecule has 0 bridgehead atoms. The normalized spacial score (nSPS) is 32.7. The standard InChI is InChI=1S/C13H24N2O2/c1-13(2)10(7-11(13)17-3)15-12(16)9(14)6-8-4-5-8/h8-11H,4-7,14H2,1-3H3,(H,15,16)/t9-,10?,11?/m0/s1. The number of methoxy groups -OCH3 is 1. The molecule has 2 unspecified atom stereocenters. The molecule has 2 saturated carbocycles. The molecule has 0 saturated heterocycles. The van der Waals surface area contributed by atoms with Crippen LogP contribution >= 0.6 is 0 Å². The van der Waals surface area contributed by atoms with Gasteiger partial charge in [0.25, 0.3) is 0 Å². The van der Waals surface area contributed by atoms with Crippen molar-refractivity contribution in [2.24, 2.45) is 17.1 Å². The molecule has 4 heteroatoms. The maximum Gasteiger partial charge on any atom is 0.237 e. The van der Waals surface area contributed by atoms with Crippen LogP contribution in [0, 0.1) is 11.3 Å². The number of nitrogens with two attached hydrogens (primary N) is 1. The van der Waals surface area contributed by atoms with E-state index < -0.39 is 0 Å². The van der Waals surface area contributed by atoms with Gasteiger partial charge in [0.2, 0.25) is 5.91 Å². The molecule has 3 N–H and O–H groups in total. The Labute approximate surface area is 103 Å². The second kappa shape index (κ2) is 4.58. The Morgan fingerprint density at radius 1 is 1.53 bits per heavy atom. The van der Waals surface area contributed by atoms with Gasteiger partial charge in [-0.2, -0.15) is 0 Å². The molecule has 0 aromatic heterocycles. The average molecular weight is 240 g/mol. The number of carbonyl (C=O) groups excluding carboxylic acids is 1. The van der Waals surface area contributed by atoms with E-state index in [2.05, 4.69) is 19.2 Å². The summed E-state index contributed by atoms with van der Waals surface area (Å²) in [4.78, 5) is 11.9. The van der Waals surface area contributed by atoms with Gasteiger partial charge in [-0.1, -0.05) is 26.7 Å². The first-order valence-electron chi connectivity index (χ1n) is 6.54. The molecule has 2 rings (SSSR count). The SMILES string of the molecule is COC1CC(NC(=O)[C@@H](N)CC2CC2)C1(C)C. The molecule has 17 heavy (non-hydrogen) atoms. The van der Waals surface area contributed by atoms with Gasteiger partial charge in [0.1, 0.15) is 0 Å². The molecule has 4 nitrogen and oxygen atoms in total. The Hall–Kier alpha value is -0.610. The Morgan fingerprint density at radius 2 is 2.18 bits per heavy atom. The molecule has 0 aromatic rings. The summed E-state index contributed by atoms with van der Waals surface area (Å²) in [6.07, 6.45) is 4.45. The van der Waals surface area contributed by atoms with Crippen molar-refractivity contribution in [1.82, 2.24) is 5.32 Å². The van der Waals surface area contributed by atoms with Gasteiger partial charge in [0, 0.05) is 18.6 Å². The average Bonchev–Trinajstić information content (AvgIpc) is 3.06. The van der Waals surface area contributed by atoms with Gasteiger partial charge in [-0.3, -0.25) is 4.79 Å². The van der Waals surface area contributed by atoms with Crippen LogP contribution in [0.25, 0.3) is 0 Å². The van der Waals surface area contributed by atoms with Gasteiger partial charge in [-0.15, -0.1) is 0 Å². The van der Waals surface area contributed by atoms with Gasteiger partial charge in [-0.25, -0.2) is 0 Å². The lowest BCUT2D eigenvalue weighted by Gasteiger charge is -2.51. The fourth-order valence-corrected chi connectivity index (χ4v) is 2.63. The minimum atomic E-state index is -0.333. The van der Waals surface area contributed by atoms with E-state index in [0.29, 0.717) is 5.92 Å². The lowest BCUT2D eigenvalue weighted by molar-refractivity contribution is -0.134. The number of ether oxygens (including phenoxy) is 1. The summed E-state index contributed by atoms with van der Waals surface area (Å²) >= 11 is 0. The summed E-state index contributed by atoms with van der Waals surface area (Å²) in [7, 11) is 1.73. The Morgan fingerprint density at radius 3 is 2.65 bits per heavy atom. The predicted octanol–water partition coefficient (Wildman–Crippen LogP) is 1.04. The van der Waals surface area contributed by atoms with Crippen LogP contribution in [0.2, 0.25) is 0 Å². The molecule has 0 heterocycles. The van der Waals surface area contributed by atoms with Crippen LogP contribution in [-0.2, 0) is 9.53 Å². The molecule has 2 aliphatic carbocycles. The van der Waals surface area contributed by atoms with E-state index in [1.165, 1.54) is 12.8 Å². The summed E-state index contributed by atoms with van der Waals surface area (Å²) in [5, 5.41) is 3.06. The van der Waals surface area contributed by atoms with Crippen molar-refractivity contribution in [3.05, 3.63) is 0 Å². The third-order valence-corrected chi connectivity index (χ3v) is 4.40. The molecule has 0 aliphatic heterocycles. The fraction of sp³-hybridized carbons (Fsp3) is 0.923. The molecule has 0 aromatic carbocycles. The van der Waals surface area contributed by atoms with Crippen molar-refractivity contribution in [2.75, 3.05) is 7.11 Å². The van der Waals surface area contributed by atoms with Crippen molar-refractivity contribution in [2.45, 2.75) is 57.7 Å². The van der Waals surface area contributed by atoms with Crippen LogP contribution in [0.5, 0.6) is 0 Å². The topological polar surface area (TPSA) is 64.3 Å². The van der Waals surface area contributed by atoms with Crippen molar-refractivity contribution in [3.63, 3.8) is 0 Å². The zero-order chi connectivity index (χ0) is 12.6. The Balaban J connectivity index is 1.79. The van der Waals surface area contributed by atoms with Crippen LogP contribution in [0.1, 0.15) is 39.5 Å². The molecule has 2 fully saturated rings. The van der Waals surface area contributed by atoms with Crippen molar-refractivity contribution in [3.8, 4) is 0 Å². The zero-order valence-corrected chi connectivity index (χ0v) is 11.0. The van der Waals surface area contributed by atoms with Crippen molar-refractivity contribution < 1.29 is 9.53 Å². The third-order valence-electron chi connectivity index (χ3n) is 4.40. The maximum absolute atomic E-state index is 11.9. The number of hydrogen-bond donors (Lipinski definition) is 2. The molecule has 0 spiro atoms. The number of rotatable bonds is 5. The van der Waals surface area contributed by atoms with E-state index in [1.54, 1.807) is 7.11 Å². The van der Waals surface area contributed by atoms with Crippen LogP contribution in [0.4, 0.5) is 0 Å². The molecule has 98 valence electrons. The number of nitrogens with one attached hydrogen (secondary N) is 1. The quantitative estimate of drug-likeness (QED) is 0.755. The van der Waals surface area contributed by atoms with E-state index in [1.807, 2.05) is 0 Å². The molecule has 2 aliphatic rings. The minimum Gasteiger partial charge on any atom is -0.381 e. The molecule has 1 amide bonds. The predicted molar refractivity (Wildman–Crippen MR) is 66.4 cm³/mol. The summed E-state index contributed by atoms with van der Waals surface area (Å²) in [6, 6.07) is -0.134. The summed E-state index contributed by atoms with van der Waals surface area (Å²) in [6.45, 7) is 4.25. The van der Waals surface area contributed by atoms with Crippen molar-refractivity contribution >= 4 is 5.91 Å². The Kier molecular flexibility index (Phi) is 3.46. The maximum atomic E-state index is 11.9. The minimum absolute atomic E-state index is 0.00419. The van der Waals surface area contributed by atoms with Crippen LogP contribution < -0.4 is 11.1 Å². The first-order valence-corrected chi connectivity index (χ1v) is 6.54. The zero-order valence-electron chi connectivity index (χ0n) is 11.0. The summed E-state index contributed by atoms with van der Waals surface area (Å²) in [5.74, 6) is 0.696. The highest BCUT2D eigenvalue weighted by Gasteiger charge is 2.49.